The second kappa shape index (κ2) is 10.4. The van der Waals surface area contributed by atoms with Gasteiger partial charge < -0.3 is 10.6 Å². The number of nitrogens with zero attached hydrogens (tertiary/aromatic N) is 2. The lowest BCUT2D eigenvalue weighted by atomic mass is 9.80. The monoisotopic (exact) mass is 498 g/mol. The zero-order valence-electron chi connectivity index (χ0n) is 20.4. The summed E-state index contributed by atoms with van der Waals surface area (Å²) in [5, 5.41) is 5.01. The van der Waals surface area contributed by atoms with E-state index in [1.54, 1.807) is 30.3 Å². The number of pyridine rings is 1. The van der Waals surface area contributed by atoms with E-state index < -0.39 is 17.7 Å². The molecule has 1 aliphatic rings. The molecule has 0 aliphatic carbocycles. The highest BCUT2D eigenvalue weighted by Gasteiger charge is 2.49. The summed E-state index contributed by atoms with van der Waals surface area (Å²) in [6.45, 7) is 7.33. The maximum Gasteiger partial charge on any atom is 0.321 e. The van der Waals surface area contributed by atoms with E-state index in [-0.39, 0.29) is 10.7 Å². The van der Waals surface area contributed by atoms with Gasteiger partial charge in [-0.05, 0) is 82.5 Å². The molecule has 1 aliphatic heterocycles. The van der Waals surface area contributed by atoms with Gasteiger partial charge in [0.1, 0.15) is 0 Å². The number of nitrogens with one attached hydrogen (secondary N) is 2. The van der Waals surface area contributed by atoms with Crippen molar-refractivity contribution in [1.29, 1.82) is 0 Å². The van der Waals surface area contributed by atoms with Crippen molar-refractivity contribution in [2.24, 2.45) is 5.41 Å². The first-order chi connectivity index (χ1) is 16.7. The van der Waals surface area contributed by atoms with Crippen LogP contribution in [0.25, 0.3) is 0 Å². The average molecular weight is 499 g/mol. The summed E-state index contributed by atoms with van der Waals surface area (Å²) in [7, 11) is 0. The van der Waals surface area contributed by atoms with Crippen molar-refractivity contribution < 1.29 is 13.6 Å². The van der Waals surface area contributed by atoms with Gasteiger partial charge in [0, 0.05) is 40.0 Å². The molecule has 1 fully saturated rings. The van der Waals surface area contributed by atoms with E-state index in [1.807, 2.05) is 25.3 Å². The topological polar surface area (TPSA) is 57.3 Å². The van der Waals surface area contributed by atoms with Crippen LogP contribution in [0.3, 0.4) is 0 Å². The van der Waals surface area contributed by atoms with Crippen LogP contribution in [0.1, 0.15) is 42.8 Å². The quantitative estimate of drug-likeness (QED) is 0.360. The molecule has 0 saturated carbocycles. The van der Waals surface area contributed by atoms with Gasteiger partial charge in [0.25, 0.3) is 0 Å². The number of hydrogen-bond donors (Lipinski definition) is 2. The minimum atomic E-state index is -1.56. The molecule has 8 heteroatoms. The molecule has 3 heterocycles. The summed E-state index contributed by atoms with van der Waals surface area (Å²) in [6, 6.07) is 15.6. The van der Waals surface area contributed by atoms with Crippen molar-refractivity contribution in [3.8, 4) is 0 Å². The number of aryl methyl sites for hydroxylation is 2. The smallest absolute Gasteiger partial charge is 0.308 e. The number of anilines is 1. The molecular weight excluding hydrogens is 466 g/mol. The van der Waals surface area contributed by atoms with Crippen LogP contribution in [-0.4, -0.2) is 35.3 Å². The number of urea groups is 1. The second-order valence-electron chi connectivity index (χ2n) is 9.81. The van der Waals surface area contributed by atoms with Gasteiger partial charge in [0.2, 0.25) is 0 Å². The van der Waals surface area contributed by atoms with Gasteiger partial charge in [0.05, 0.1) is 0 Å². The van der Waals surface area contributed by atoms with E-state index in [9.17, 15) is 9.18 Å². The number of carbonyl (C=O) groups is 1. The first-order valence-corrected chi connectivity index (χ1v) is 12.7. The van der Waals surface area contributed by atoms with Crippen LogP contribution < -0.4 is 10.6 Å². The number of likely N-dealkylation sites (tertiary alicyclic amines) is 1. The number of aromatic nitrogens is 1. The van der Waals surface area contributed by atoms with Crippen LogP contribution in [0.5, 0.6) is 0 Å². The van der Waals surface area contributed by atoms with Crippen molar-refractivity contribution in [3.05, 3.63) is 82.1 Å². The Labute approximate surface area is 209 Å². The third-order valence-electron chi connectivity index (χ3n) is 7.12. The molecule has 1 unspecified atom stereocenters. The van der Waals surface area contributed by atoms with E-state index in [1.165, 1.54) is 6.07 Å². The molecule has 3 aromatic rings. The summed E-state index contributed by atoms with van der Waals surface area (Å²) >= 11 is 1.09. The number of halogens is 2. The van der Waals surface area contributed by atoms with Gasteiger partial charge in [-0.25, -0.2) is 9.18 Å². The van der Waals surface area contributed by atoms with Gasteiger partial charge in [-0.3, -0.25) is 9.88 Å². The third kappa shape index (κ3) is 5.87. The van der Waals surface area contributed by atoms with E-state index in [0.29, 0.717) is 38.0 Å². The first-order valence-electron chi connectivity index (χ1n) is 11.9. The Morgan fingerprint density at radius 2 is 1.97 bits per heavy atom. The van der Waals surface area contributed by atoms with Crippen molar-refractivity contribution in [3.63, 3.8) is 0 Å². The Balaban J connectivity index is 1.52. The van der Waals surface area contributed by atoms with Gasteiger partial charge in [-0.1, -0.05) is 24.3 Å². The van der Waals surface area contributed by atoms with Crippen molar-refractivity contribution in [1.82, 2.24) is 15.2 Å². The van der Waals surface area contributed by atoms with Crippen LogP contribution in [0.15, 0.2) is 60.8 Å². The van der Waals surface area contributed by atoms with Crippen LogP contribution in [0.2, 0.25) is 0 Å². The molecule has 0 spiro atoms. The zero-order valence-corrected chi connectivity index (χ0v) is 21.2. The molecule has 0 bridgehead atoms. The molecule has 2 atom stereocenters. The lowest BCUT2D eigenvalue weighted by Gasteiger charge is -2.39. The van der Waals surface area contributed by atoms with Gasteiger partial charge in [-0.15, -0.1) is 11.3 Å². The number of carbonyl (C=O) groups excluding carboxylic acids is 1. The maximum atomic E-state index is 16.0. The first kappa shape index (κ1) is 25.3. The number of alkyl halides is 1. The summed E-state index contributed by atoms with van der Waals surface area (Å²) < 4.78 is 29.5. The summed E-state index contributed by atoms with van der Waals surface area (Å²) in [5.41, 5.74) is 1.44. The predicted molar refractivity (Wildman–Crippen MR) is 137 cm³/mol. The SMILES string of the molecule is Cc1ccc(C(C)(C)N2CCC(CCc3ccc(F)s3)([C@H](F)NC(=O)Nc3ccccc3)C2)cn1. The van der Waals surface area contributed by atoms with E-state index in [4.69, 9.17) is 0 Å². The Hall–Kier alpha value is -2.84. The Kier molecular flexibility index (Phi) is 7.52. The van der Waals surface area contributed by atoms with Gasteiger partial charge in [0.15, 0.2) is 11.4 Å². The number of para-hydroxylation sites is 1. The Morgan fingerprint density at radius 3 is 2.63 bits per heavy atom. The highest BCUT2D eigenvalue weighted by Crippen LogP contribution is 2.44. The number of amides is 2. The fraction of sp³-hybridized carbons (Fsp3) is 0.407. The van der Waals surface area contributed by atoms with Crippen LogP contribution in [0.4, 0.5) is 19.3 Å². The van der Waals surface area contributed by atoms with E-state index >= 15 is 4.39 Å². The van der Waals surface area contributed by atoms with E-state index in [2.05, 4.69) is 40.4 Å². The molecule has 2 N–H and O–H groups in total. The highest BCUT2D eigenvalue weighted by atomic mass is 32.1. The summed E-state index contributed by atoms with van der Waals surface area (Å²) in [5.74, 6) is 0. The number of thiophene rings is 1. The van der Waals surface area contributed by atoms with Crippen molar-refractivity contribution in [2.75, 3.05) is 18.4 Å². The third-order valence-corrected chi connectivity index (χ3v) is 8.05. The molecule has 0 radical (unpaired) electrons. The Morgan fingerprint density at radius 1 is 1.20 bits per heavy atom. The standard InChI is InChI=1S/C27H32F2N4OS/c1-19-9-10-20(17-30-19)26(2,3)33-16-15-27(18-33,14-13-22-11-12-23(28)35-22)24(29)32-25(34)31-21-7-5-4-6-8-21/h4-12,17,24H,13-16,18H2,1-3H3,(H2,31,32,34)/t24-,27?/m1/s1. The number of hydrogen-bond acceptors (Lipinski definition) is 4. The summed E-state index contributed by atoms with van der Waals surface area (Å²) in [6.07, 6.45) is 1.95. The lowest BCUT2D eigenvalue weighted by molar-refractivity contribution is 0.0595. The van der Waals surface area contributed by atoms with Crippen LogP contribution in [0, 0.1) is 17.5 Å². The van der Waals surface area contributed by atoms with Crippen LogP contribution >= 0.6 is 11.3 Å². The molecular formula is C27H32F2N4OS. The maximum absolute atomic E-state index is 16.0. The van der Waals surface area contributed by atoms with E-state index in [0.717, 1.165) is 27.5 Å². The molecule has 2 aromatic heterocycles. The Bertz CT molecular complexity index is 1140. The number of rotatable bonds is 8. The van der Waals surface area contributed by atoms with Crippen molar-refractivity contribution in [2.45, 2.75) is 51.9 Å². The molecule has 1 aromatic carbocycles. The molecule has 1 saturated heterocycles. The fourth-order valence-corrected chi connectivity index (χ4v) is 5.46. The second-order valence-corrected chi connectivity index (χ2v) is 10.9. The molecule has 4 rings (SSSR count). The normalized spacial score (nSPS) is 19.5. The average Bonchev–Trinajstić information content (AvgIpc) is 3.46. The van der Waals surface area contributed by atoms with Gasteiger partial charge >= 0.3 is 6.03 Å². The lowest BCUT2D eigenvalue weighted by Crippen LogP contribution is -2.50. The number of benzene rings is 1. The summed E-state index contributed by atoms with van der Waals surface area (Å²) in [4.78, 5) is 20.2. The van der Waals surface area contributed by atoms with Gasteiger partial charge in [-0.2, -0.15) is 4.39 Å². The molecule has 5 nitrogen and oxygen atoms in total. The minimum absolute atomic E-state index is 0.243. The van der Waals surface area contributed by atoms with Crippen molar-refractivity contribution >= 4 is 23.1 Å². The fourth-order valence-electron chi connectivity index (χ4n) is 4.74. The van der Waals surface area contributed by atoms with Crippen LogP contribution in [-0.2, 0) is 12.0 Å². The highest BCUT2D eigenvalue weighted by molar-refractivity contribution is 7.10. The molecule has 186 valence electrons. The molecule has 35 heavy (non-hydrogen) atoms. The zero-order chi connectivity index (χ0) is 25.1. The molecule has 2 amide bonds. The predicted octanol–water partition coefficient (Wildman–Crippen LogP) is 6.27. The largest absolute Gasteiger partial charge is 0.321 e. The minimum Gasteiger partial charge on any atom is -0.308 e.